The lowest BCUT2D eigenvalue weighted by Crippen LogP contribution is -2.42. The Labute approximate surface area is 168 Å². The molecule has 1 N–H and O–H groups in total. The maximum Gasteiger partial charge on any atom is 0.422 e. The van der Waals surface area contributed by atoms with Crippen molar-refractivity contribution in [3.63, 3.8) is 0 Å². The first-order valence-corrected chi connectivity index (χ1v) is 8.99. The van der Waals surface area contributed by atoms with Crippen molar-refractivity contribution in [2.45, 2.75) is 17.8 Å². The molecule has 0 spiro atoms. The molecule has 9 heteroatoms. The fourth-order valence-corrected chi connectivity index (χ4v) is 3.58. The number of anilines is 1. The molecule has 0 aliphatic carbocycles. The number of benzene rings is 2. The minimum Gasteiger partial charge on any atom is -0.492 e. The number of rotatable bonds is 5. The number of pyridine rings is 1. The van der Waals surface area contributed by atoms with Crippen LogP contribution >= 0.6 is 11.6 Å². The first-order chi connectivity index (χ1) is 13.8. The summed E-state index contributed by atoms with van der Waals surface area (Å²) in [7, 11) is 1.19. The van der Waals surface area contributed by atoms with Crippen molar-refractivity contribution in [3.05, 3.63) is 65.1 Å². The van der Waals surface area contributed by atoms with E-state index >= 15 is 4.39 Å². The summed E-state index contributed by atoms with van der Waals surface area (Å²) in [6, 6.07) is 9.31. The number of nitrogens with zero attached hydrogens (tertiary/aromatic N) is 1. The first-order valence-electron chi connectivity index (χ1n) is 8.61. The largest absolute Gasteiger partial charge is 0.492 e. The molecule has 3 aromatic rings. The van der Waals surface area contributed by atoms with E-state index in [-0.39, 0.29) is 16.3 Å². The Morgan fingerprint density at radius 3 is 2.62 bits per heavy atom. The van der Waals surface area contributed by atoms with Gasteiger partial charge in [-0.05, 0) is 30.3 Å². The van der Waals surface area contributed by atoms with E-state index in [1.54, 1.807) is 36.5 Å². The molecule has 0 amide bonds. The Kier molecular flexibility index (Phi) is 4.78. The summed E-state index contributed by atoms with van der Waals surface area (Å²) < 4.78 is 66.5. The predicted molar refractivity (Wildman–Crippen MR) is 101 cm³/mol. The van der Waals surface area contributed by atoms with E-state index < -0.39 is 30.2 Å². The van der Waals surface area contributed by atoms with Crippen molar-refractivity contribution in [2.24, 2.45) is 0 Å². The zero-order valence-electron chi connectivity index (χ0n) is 15.1. The van der Waals surface area contributed by atoms with Crippen LogP contribution in [0.2, 0.25) is 5.02 Å². The fraction of sp³-hybridized carbons (Fsp3) is 0.250. The minimum atomic E-state index is -4.73. The number of fused-ring (bicyclic) bond motifs is 1. The number of ether oxygens (including phenoxy) is 2. The van der Waals surface area contributed by atoms with Crippen LogP contribution in [0.3, 0.4) is 0 Å². The summed E-state index contributed by atoms with van der Waals surface area (Å²) in [5, 5.41) is 3.39. The quantitative estimate of drug-likeness (QED) is 0.431. The molecule has 4 nitrogen and oxygen atoms in total. The van der Waals surface area contributed by atoms with Gasteiger partial charge in [-0.1, -0.05) is 23.7 Å². The van der Waals surface area contributed by atoms with Gasteiger partial charge in [-0.2, -0.15) is 13.2 Å². The smallest absolute Gasteiger partial charge is 0.422 e. The zero-order chi connectivity index (χ0) is 20.8. The van der Waals surface area contributed by atoms with Crippen molar-refractivity contribution in [1.82, 2.24) is 4.98 Å². The molecular weight excluding hydrogens is 412 g/mol. The zero-order valence-corrected chi connectivity index (χ0v) is 15.8. The molecule has 1 fully saturated rings. The molecule has 4 rings (SSSR count). The van der Waals surface area contributed by atoms with Gasteiger partial charge < -0.3 is 14.8 Å². The molecule has 1 aliphatic heterocycles. The van der Waals surface area contributed by atoms with Gasteiger partial charge in [0.1, 0.15) is 0 Å². The van der Waals surface area contributed by atoms with Gasteiger partial charge in [0.25, 0.3) is 0 Å². The third-order valence-electron chi connectivity index (χ3n) is 4.94. The van der Waals surface area contributed by atoms with Gasteiger partial charge >= 0.3 is 6.18 Å². The van der Waals surface area contributed by atoms with Crippen LogP contribution in [-0.4, -0.2) is 30.5 Å². The number of aromatic nitrogens is 1. The normalized spacial score (nSPS) is 19.8. The molecule has 152 valence electrons. The second-order valence-electron chi connectivity index (χ2n) is 6.61. The van der Waals surface area contributed by atoms with Gasteiger partial charge in [0.15, 0.2) is 11.6 Å². The van der Waals surface area contributed by atoms with E-state index in [1.807, 2.05) is 0 Å². The topological polar surface area (TPSA) is 46.7 Å². The Morgan fingerprint density at radius 2 is 1.97 bits per heavy atom. The minimum absolute atomic E-state index is 0.0420. The number of hydrogen-bond acceptors (Lipinski definition) is 4. The highest BCUT2D eigenvalue weighted by Gasteiger charge is 2.71. The Bertz CT molecular complexity index is 1060. The number of hydrogen-bond donors (Lipinski definition) is 1. The summed E-state index contributed by atoms with van der Waals surface area (Å²) >= 11 is 5.92. The van der Waals surface area contributed by atoms with Gasteiger partial charge in [-0.25, -0.2) is 4.39 Å². The molecule has 0 saturated carbocycles. The van der Waals surface area contributed by atoms with Crippen LogP contribution in [0.15, 0.2) is 48.7 Å². The molecule has 2 atom stereocenters. The lowest BCUT2D eigenvalue weighted by molar-refractivity contribution is -0.188. The maximum absolute atomic E-state index is 15.1. The Balaban J connectivity index is 1.87. The van der Waals surface area contributed by atoms with Crippen molar-refractivity contribution in [1.29, 1.82) is 0 Å². The second-order valence-corrected chi connectivity index (χ2v) is 7.02. The molecule has 0 bridgehead atoms. The third-order valence-corrected chi connectivity index (χ3v) is 5.24. The second kappa shape index (κ2) is 7.03. The Hall–Kier alpha value is -2.58. The van der Waals surface area contributed by atoms with Crippen molar-refractivity contribution >= 4 is 28.2 Å². The Morgan fingerprint density at radius 1 is 1.21 bits per heavy atom. The van der Waals surface area contributed by atoms with Crippen molar-refractivity contribution in [2.75, 3.05) is 19.0 Å². The van der Waals surface area contributed by atoms with E-state index in [4.69, 9.17) is 21.1 Å². The fourth-order valence-electron chi connectivity index (χ4n) is 3.36. The van der Waals surface area contributed by atoms with Crippen LogP contribution in [-0.2, 0) is 4.74 Å². The average Bonchev–Trinajstić information content (AvgIpc) is 3.49. The number of nitrogens with one attached hydrogen (secondary N) is 1. The van der Waals surface area contributed by atoms with Crippen LogP contribution in [0, 0.1) is 5.82 Å². The van der Waals surface area contributed by atoms with Crippen molar-refractivity contribution < 1.29 is 27.0 Å². The van der Waals surface area contributed by atoms with E-state index in [2.05, 4.69) is 10.3 Å². The molecule has 2 unspecified atom stereocenters. The standard InChI is InChI=1S/C20H15ClF4N2O2/c1-28-17-13(21)8-7-12(16(17)22)18(19(10-29-19)20(23,24)25)27-15-6-2-5-14-11(15)4-3-9-26-14/h2-9,18,27H,10H2,1H3. The van der Waals surface area contributed by atoms with Gasteiger partial charge in [0, 0.05) is 22.8 Å². The lowest BCUT2D eigenvalue weighted by Gasteiger charge is -2.29. The van der Waals surface area contributed by atoms with Crippen molar-refractivity contribution in [3.8, 4) is 5.75 Å². The van der Waals surface area contributed by atoms with Gasteiger partial charge in [-0.3, -0.25) is 4.98 Å². The highest BCUT2D eigenvalue weighted by Crippen LogP contribution is 2.54. The lowest BCUT2D eigenvalue weighted by atomic mass is 9.91. The summed E-state index contributed by atoms with van der Waals surface area (Å²) in [6.07, 6.45) is -3.15. The maximum atomic E-state index is 15.1. The van der Waals surface area contributed by atoms with Crippen LogP contribution in [0.1, 0.15) is 11.6 Å². The summed E-state index contributed by atoms with van der Waals surface area (Å²) in [4.78, 5) is 4.20. The molecule has 2 heterocycles. The van der Waals surface area contributed by atoms with Crippen LogP contribution < -0.4 is 10.1 Å². The van der Waals surface area contributed by atoms with E-state index in [0.717, 1.165) is 0 Å². The van der Waals surface area contributed by atoms with Crippen LogP contribution in [0.4, 0.5) is 23.2 Å². The highest BCUT2D eigenvalue weighted by molar-refractivity contribution is 6.32. The average molecular weight is 427 g/mol. The molecule has 0 radical (unpaired) electrons. The molecule has 1 saturated heterocycles. The van der Waals surface area contributed by atoms with Gasteiger partial charge in [0.05, 0.1) is 30.3 Å². The van der Waals surface area contributed by atoms with Gasteiger partial charge in [0.2, 0.25) is 5.60 Å². The summed E-state index contributed by atoms with van der Waals surface area (Å²) in [5.74, 6) is -1.30. The van der Waals surface area contributed by atoms with Crippen LogP contribution in [0.5, 0.6) is 5.75 Å². The predicted octanol–water partition coefficient (Wildman–Crippen LogP) is 5.52. The number of epoxide rings is 1. The highest BCUT2D eigenvalue weighted by atomic mass is 35.5. The molecular formula is C20H15ClF4N2O2. The van der Waals surface area contributed by atoms with Crippen LogP contribution in [0.25, 0.3) is 10.9 Å². The first kappa shape index (κ1) is 19.7. The summed E-state index contributed by atoms with van der Waals surface area (Å²) in [6.45, 7) is -0.596. The van der Waals surface area contributed by atoms with E-state index in [9.17, 15) is 13.2 Å². The number of halogens is 5. The molecule has 2 aromatic carbocycles. The number of methoxy groups -OCH3 is 1. The molecule has 1 aromatic heterocycles. The SMILES string of the molecule is COc1c(Cl)ccc(C(Nc2cccc3ncccc23)C2(C(F)(F)F)CO2)c1F. The number of alkyl halides is 3. The molecule has 1 aliphatic rings. The van der Waals surface area contributed by atoms with Gasteiger partial charge in [-0.15, -0.1) is 0 Å². The van der Waals surface area contributed by atoms with E-state index in [0.29, 0.717) is 16.6 Å². The van der Waals surface area contributed by atoms with E-state index in [1.165, 1.54) is 19.2 Å². The monoisotopic (exact) mass is 426 g/mol. The summed E-state index contributed by atoms with van der Waals surface area (Å²) in [5.41, 5.74) is -1.88. The molecule has 29 heavy (non-hydrogen) atoms. The third kappa shape index (κ3) is 3.26.